The summed E-state index contributed by atoms with van der Waals surface area (Å²) in [6.07, 6.45) is 3.20. The monoisotopic (exact) mass is 487 g/mol. The molecule has 2 heterocycles. The molecule has 0 bridgehead atoms. The van der Waals surface area contributed by atoms with Gasteiger partial charge in [0.15, 0.2) is 5.76 Å². The Kier molecular flexibility index (Phi) is 5.57. The van der Waals surface area contributed by atoms with E-state index >= 15 is 0 Å². The highest BCUT2D eigenvalue weighted by Gasteiger charge is 2.51. The van der Waals surface area contributed by atoms with Crippen molar-refractivity contribution in [3.05, 3.63) is 108 Å². The average molecular weight is 488 g/mol. The normalized spacial score (nSPS) is 13.8. The Hall–Kier alpha value is -4.71. The zero-order chi connectivity index (χ0) is 25.4. The van der Waals surface area contributed by atoms with E-state index < -0.39 is 11.4 Å². The molecule has 1 aliphatic rings. The molecule has 0 saturated heterocycles. The Morgan fingerprint density at radius 1 is 0.865 bits per heavy atom. The van der Waals surface area contributed by atoms with Gasteiger partial charge in [0.05, 0.1) is 11.1 Å². The van der Waals surface area contributed by atoms with Crippen LogP contribution in [0.4, 0.5) is 11.4 Å². The van der Waals surface area contributed by atoms with Gasteiger partial charge >= 0.3 is 5.97 Å². The number of nitrogens with zero attached hydrogens (tertiary/aromatic N) is 2. The van der Waals surface area contributed by atoms with E-state index in [0.29, 0.717) is 18.6 Å². The van der Waals surface area contributed by atoms with Crippen molar-refractivity contribution in [2.75, 3.05) is 5.32 Å². The first-order chi connectivity index (χ1) is 18.0. The quantitative estimate of drug-likeness (QED) is 0.252. The van der Waals surface area contributed by atoms with E-state index in [1.165, 1.54) is 0 Å². The highest BCUT2D eigenvalue weighted by Crippen LogP contribution is 2.48. The predicted molar refractivity (Wildman–Crippen MR) is 144 cm³/mol. The summed E-state index contributed by atoms with van der Waals surface area (Å²) in [6.45, 7) is 1.91. The number of nitrogens with one attached hydrogen (secondary N) is 1. The van der Waals surface area contributed by atoms with Crippen molar-refractivity contribution in [2.24, 2.45) is 0 Å². The highest BCUT2D eigenvalue weighted by molar-refractivity contribution is 5.85. The van der Waals surface area contributed by atoms with Crippen LogP contribution < -0.4 is 5.32 Å². The number of carbonyl (C=O) groups is 1. The summed E-state index contributed by atoms with van der Waals surface area (Å²) in [5.41, 5.74) is 7.57. The van der Waals surface area contributed by atoms with Crippen LogP contribution in [0.2, 0.25) is 0 Å². The topological polar surface area (TPSA) is 88.2 Å². The molecular formula is C31H25N3O3. The smallest absolute Gasteiger partial charge is 0.314 e. The van der Waals surface area contributed by atoms with Crippen molar-refractivity contribution in [2.45, 2.75) is 25.2 Å². The van der Waals surface area contributed by atoms with Crippen LogP contribution in [0.25, 0.3) is 33.7 Å². The third-order valence-corrected chi connectivity index (χ3v) is 7.04. The molecule has 0 atom stereocenters. The predicted octanol–water partition coefficient (Wildman–Crippen LogP) is 7.24. The molecule has 1 saturated carbocycles. The van der Waals surface area contributed by atoms with Gasteiger partial charge in [-0.3, -0.25) is 9.78 Å². The van der Waals surface area contributed by atoms with Crippen LogP contribution in [-0.2, 0) is 10.2 Å². The van der Waals surface area contributed by atoms with Crippen molar-refractivity contribution >= 4 is 17.3 Å². The van der Waals surface area contributed by atoms with Crippen LogP contribution in [0.1, 0.15) is 24.1 Å². The fourth-order valence-electron chi connectivity index (χ4n) is 4.68. The zero-order valence-electron chi connectivity index (χ0n) is 20.3. The summed E-state index contributed by atoms with van der Waals surface area (Å²) in [7, 11) is 0. The molecule has 2 N–H and O–H groups in total. The van der Waals surface area contributed by atoms with Crippen molar-refractivity contribution in [3.8, 4) is 33.7 Å². The number of carboxylic acid groups (broad SMARTS) is 1. The SMILES string of the molecule is Cc1noc(-c2ccc(-c3ccc(C4(C(=O)O)CC4)cc3)cc2)c1Nc1ccnc(-c2ccccc2)c1. The number of anilines is 2. The summed E-state index contributed by atoms with van der Waals surface area (Å²) in [4.78, 5) is 16.1. The number of aryl methyl sites for hydroxylation is 1. The fraction of sp³-hybridized carbons (Fsp3) is 0.129. The van der Waals surface area contributed by atoms with E-state index in [1.807, 2.05) is 97.9 Å². The first-order valence-electron chi connectivity index (χ1n) is 12.2. The van der Waals surface area contributed by atoms with Gasteiger partial charge in [-0.25, -0.2) is 0 Å². The minimum atomic E-state index is -0.737. The maximum atomic E-state index is 11.6. The third kappa shape index (κ3) is 4.27. The number of aliphatic carboxylic acids is 1. The van der Waals surface area contributed by atoms with Crippen molar-refractivity contribution in [1.29, 1.82) is 0 Å². The van der Waals surface area contributed by atoms with E-state index in [-0.39, 0.29) is 0 Å². The molecular weight excluding hydrogens is 462 g/mol. The summed E-state index contributed by atoms with van der Waals surface area (Å²) >= 11 is 0. The van der Waals surface area contributed by atoms with E-state index in [1.54, 1.807) is 6.20 Å². The number of hydrogen-bond acceptors (Lipinski definition) is 5. The lowest BCUT2D eigenvalue weighted by Gasteiger charge is -2.11. The van der Waals surface area contributed by atoms with Gasteiger partial charge in [0.1, 0.15) is 11.4 Å². The van der Waals surface area contributed by atoms with Crippen molar-refractivity contribution in [1.82, 2.24) is 10.1 Å². The molecule has 0 radical (unpaired) electrons. The minimum absolute atomic E-state index is 0.662. The molecule has 6 rings (SSSR count). The summed E-state index contributed by atoms with van der Waals surface area (Å²) in [6, 6.07) is 29.9. The van der Waals surface area contributed by atoms with Crippen LogP contribution in [-0.4, -0.2) is 21.2 Å². The molecule has 0 aliphatic heterocycles. The van der Waals surface area contributed by atoms with Crippen LogP contribution >= 0.6 is 0 Å². The zero-order valence-corrected chi connectivity index (χ0v) is 20.3. The first-order valence-corrected chi connectivity index (χ1v) is 12.2. The maximum absolute atomic E-state index is 11.6. The molecule has 2 aromatic heterocycles. The van der Waals surface area contributed by atoms with Gasteiger partial charge in [-0.2, -0.15) is 0 Å². The molecule has 6 nitrogen and oxygen atoms in total. The summed E-state index contributed by atoms with van der Waals surface area (Å²) in [5.74, 6) is -0.0750. The molecule has 1 aliphatic carbocycles. The van der Waals surface area contributed by atoms with E-state index in [9.17, 15) is 9.90 Å². The molecule has 37 heavy (non-hydrogen) atoms. The van der Waals surface area contributed by atoms with Crippen LogP contribution in [0, 0.1) is 6.92 Å². The fourth-order valence-corrected chi connectivity index (χ4v) is 4.68. The second-order valence-electron chi connectivity index (χ2n) is 9.43. The molecule has 3 aromatic carbocycles. The Morgan fingerprint density at radius 2 is 1.51 bits per heavy atom. The van der Waals surface area contributed by atoms with Crippen LogP contribution in [0.3, 0.4) is 0 Å². The molecule has 0 unspecified atom stereocenters. The lowest BCUT2D eigenvalue weighted by molar-refractivity contribution is -0.140. The van der Waals surface area contributed by atoms with Gasteiger partial charge in [0.25, 0.3) is 0 Å². The third-order valence-electron chi connectivity index (χ3n) is 7.04. The van der Waals surface area contributed by atoms with Crippen molar-refractivity contribution in [3.63, 3.8) is 0 Å². The molecule has 0 amide bonds. The average Bonchev–Trinajstić information content (AvgIpc) is 3.69. The minimum Gasteiger partial charge on any atom is -0.481 e. The Labute approximate surface area is 214 Å². The largest absolute Gasteiger partial charge is 0.481 e. The highest BCUT2D eigenvalue weighted by atomic mass is 16.5. The van der Waals surface area contributed by atoms with Gasteiger partial charge in [-0.05, 0) is 48.6 Å². The van der Waals surface area contributed by atoms with E-state index in [0.717, 1.165) is 50.6 Å². The Bertz CT molecular complexity index is 1570. The van der Waals surface area contributed by atoms with Crippen molar-refractivity contribution < 1.29 is 14.4 Å². The summed E-state index contributed by atoms with van der Waals surface area (Å²) in [5, 5.41) is 17.2. The summed E-state index contributed by atoms with van der Waals surface area (Å²) < 4.78 is 5.71. The van der Waals surface area contributed by atoms with Crippen LogP contribution in [0.15, 0.2) is 102 Å². The number of pyridine rings is 1. The number of carboxylic acids is 1. The van der Waals surface area contributed by atoms with E-state index in [2.05, 4.69) is 15.5 Å². The Morgan fingerprint density at radius 3 is 2.16 bits per heavy atom. The van der Waals surface area contributed by atoms with E-state index in [4.69, 9.17) is 4.52 Å². The van der Waals surface area contributed by atoms with Gasteiger partial charge in [-0.15, -0.1) is 0 Å². The van der Waals surface area contributed by atoms with Gasteiger partial charge in [0, 0.05) is 23.0 Å². The van der Waals surface area contributed by atoms with Gasteiger partial charge < -0.3 is 14.9 Å². The lowest BCUT2D eigenvalue weighted by Crippen LogP contribution is -2.19. The molecule has 0 spiro atoms. The second kappa shape index (κ2) is 9.06. The number of benzene rings is 3. The van der Waals surface area contributed by atoms with Crippen LogP contribution in [0.5, 0.6) is 0 Å². The number of rotatable bonds is 7. The second-order valence-corrected chi connectivity index (χ2v) is 9.43. The standard InChI is InChI=1S/C31H25N3O3/c1-20-28(33-26-15-18-32-27(19-26)23-5-3-2-4-6-23)29(37-34-20)24-9-7-21(8-10-24)22-11-13-25(14-12-22)31(16-17-31)30(35)36/h2-15,18-19H,16-17H2,1H3,(H,32,33)(H,35,36). The molecule has 1 fully saturated rings. The molecule has 182 valence electrons. The van der Waals surface area contributed by atoms with Gasteiger partial charge in [0.2, 0.25) is 0 Å². The Balaban J connectivity index is 1.24. The maximum Gasteiger partial charge on any atom is 0.314 e. The molecule has 6 heteroatoms. The number of aromatic nitrogens is 2. The first kappa shape index (κ1) is 22.7. The lowest BCUT2D eigenvalue weighted by atomic mass is 9.93. The molecule has 5 aromatic rings. The van der Waals surface area contributed by atoms with Gasteiger partial charge in [-0.1, -0.05) is 84.0 Å². The number of hydrogen-bond donors (Lipinski definition) is 2.